The normalized spacial score (nSPS) is 34.4. The number of ether oxygens (including phenoxy) is 1. The third kappa shape index (κ3) is 2.86. The van der Waals surface area contributed by atoms with E-state index in [1.54, 1.807) is 0 Å². The van der Waals surface area contributed by atoms with Gasteiger partial charge in [0.1, 0.15) is 5.75 Å². The van der Waals surface area contributed by atoms with Crippen molar-refractivity contribution in [3.8, 4) is 5.75 Å². The average Bonchev–Trinajstić information content (AvgIpc) is 2.53. The Morgan fingerprint density at radius 3 is 2.17 bits per heavy atom. The predicted molar refractivity (Wildman–Crippen MR) is 91.5 cm³/mol. The van der Waals surface area contributed by atoms with E-state index in [0.717, 1.165) is 61.5 Å². The molecule has 1 N–H and O–H groups in total. The lowest BCUT2D eigenvalue weighted by atomic mass is 9.49. The third-order valence-corrected chi connectivity index (χ3v) is 6.10. The summed E-state index contributed by atoms with van der Waals surface area (Å²) in [5, 5.41) is 3.19. The minimum Gasteiger partial charge on any atom is -0.494 e. The highest BCUT2D eigenvalue weighted by atomic mass is 16.5. The first kappa shape index (κ1) is 15.0. The quantitative estimate of drug-likeness (QED) is 0.860. The molecule has 0 unspecified atom stereocenters. The van der Waals surface area contributed by atoms with Gasteiger partial charge in [-0.05, 0) is 87.0 Å². The summed E-state index contributed by atoms with van der Waals surface area (Å²) < 4.78 is 5.60. The Balaban J connectivity index is 1.43. The summed E-state index contributed by atoms with van der Waals surface area (Å²) in [4.78, 5) is 13.0. The fourth-order valence-corrected chi connectivity index (χ4v) is 5.51. The number of nitrogens with one attached hydrogen (secondary N) is 1. The number of carbonyl (C=O) groups excluding carboxylic acids is 1. The molecule has 5 rings (SSSR count). The first-order valence-corrected chi connectivity index (χ1v) is 9.21. The van der Waals surface area contributed by atoms with E-state index in [4.69, 9.17) is 4.74 Å². The number of anilines is 1. The summed E-state index contributed by atoms with van der Waals surface area (Å²) in [5.74, 6) is 3.55. The van der Waals surface area contributed by atoms with Crippen molar-refractivity contribution in [2.45, 2.75) is 51.9 Å². The summed E-state index contributed by atoms with van der Waals surface area (Å²) in [6, 6.07) is 7.82. The molecule has 0 heterocycles. The van der Waals surface area contributed by atoms with Crippen LogP contribution in [0.2, 0.25) is 0 Å². The zero-order valence-electron chi connectivity index (χ0n) is 14.0. The molecule has 3 nitrogen and oxygen atoms in total. The Kier molecular flexibility index (Phi) is 3.82. The molecular weight excluding hydrogens is 286 g/mol. The molecule has 1 amide bonds. The first-order valence-electron chi connectivity index (χ1n) is 9.21. The van der Waals surface area contributed by atoms with E-state index in [2.05, 4.69) is 12.2 Å². The third-order valence-electron chi connectivity index (χ3n) is 6.10. The van der Waals surface area contributed by atoms with Gasteiger partial charge in [-0.1, -0.05) is 6.92 Å². The zero-order valence-corrected chi connectivity index (χ0v) is 14.0. The monoisotopic (exact) mass is 313 g/mol. The van der Waals surface area contributed by atoms with Gasteiger partial charge in [0.15, 0.2) is 0 Å². The van der Waals surface area contributed by atoms with Crippen LogP contribution in [0.5, 0.6) is 5.75 Å². The zero-order chi connectivity index (χ0) is 15.9. The van der Waals surface area contributed by atoms with Gasteiger partial charge in [0, 0.05) is 5.69 Å². The van der Waals surface area contributed by atoms with Gasteiger partial charge >= 0.3 is 0 Å². The molecule has 4 aliphatic rings. The molecule has 3 heteroatoms. The van der Waals surface area contributed by atoms with Crippen LogP contribution in [0.3, 0.4) is 0 Å². The van der Waals surface area contributed by atoms with Crippen molar-refractivity contribution >= 4 is 11.6 Å². The number of benzene rings is 1. The molecule has 0 radical (unpaired) electrons. The highest BCUT2D eigenvalue weighted by Crippen LogP contribution is 2.60. The molecule has 0 aliphatic heterocycles. The van der Waals surface area contributed by atoms with Crippen LogP contribution >= 0.6 is 0 Å². The summed E-state index contributed by atoms with van der Waals surface area (Å²) in [7, 11) is 0. The van der Waals surface area contributed by atoms with Gasteiger partial charge in [0.05, 0.1) is 12.0 Å². The van der Waals surface area contributed by atoms with E-state index in [0.29, 0.717) is 0 Å². The van der Waals surface area contributed by atoms with E-state index in [1.807, 2.05) is 24.3 Å². The molecule has 4 bridgehead atoms. The average molecular weight is 313 g/mol. The van der Waals surface area contributed by atoms with Crippen LogP contribution in [0.25, 0.3) is 0 Å². The maximum absolute atomic E-state index is 13.0. The first-order chi connectivity index (χ1) is 11.2. The summed E-state index contributed by atoms with van der Waals surface area (Å²) in [6.45, 7) is 2.83. The van der Waals surface area contributed by atoms with Crippen molar-refractivity contribution in [3.05, 3.63) is 24.3 Å². The number of carbonyl (C=O) groups is 1. The molecule has 1 aromatic rings. The SMILES string of the molecule is CCCOc1ccc(NC(=O)C23CC4CC(CC(C4)C2)C3)cc1. The molecule has 0 atom stereocenters. The van der Waals surface area contributed by atoms with Crippen LogP contribution in [0.1, 0.15) is 51.9 Å². The smallest absolute Gasteiger partial charge is 0.230 e. The highest BCUT2D eigenvalue weighted by Gasteiger charge is 2.54. The van der Waals surface area contributed by atoms with E-state index in [-0.39, 0.29) is 11.3 Å². The maximum atomic E-state index is 13.0. The Hall–Kier alpha value is -1.51. The van der Waals surface area contributed by atoms with Crippen molar-refractivity contribution < 1.29 is 9.53 Å². The number of rotatable bonds is 5. The van der Waals surface area contributed by atoms with Gasteiger partial charge in [0.25, 0.3) is 0 Å². The summed E-state index contributed by atoms with van der Waals surface area (Å²) >= 11 is 0. The van der Waals surface area contributed by atoms with Crippen LogP contribution in [0, 0.1) is 23.2 Å². The molecule has 1 aromatic carbocycles. The van der Waals surface area contributed by atoms with Crippen LogP contribution in [0.4, 0.5) is 5.69 Å². The van der Waals surface area contributed by atoms with Crippen molar-refractivity contribution in [3.63, 3.8) is 0 Å². The second-order valence-corrected chi connectivity index (χ2v) is 8.02. The van der Waals surface area contributed by atoms with E-state index >= 15 is 0 Å². The van der Waals surface area contributed by atoms with Crippen molar-refractivity contribution in [2.75, 3.05) is 11.9 Å². The van der Waals surface area contributed by atoms with Gasteiger partial charge < -0.3 is 10.1 Å². The summed E-state index contributed by atoms with van der Waals surface area (Å²) in [6.07, 6.45) is 8.46. The minimum atomic E-state index is -0.0772. The molecule has 4 aliphatic carbocycles. The molecule has 0 aromatic heterocycles. The second-order valence-electron chi connectivity index (χ2n) is 8.02. The van der Waals surface area contributed by atoms with E-state index < -0.39 is 0 Å². The van der Waals surface area contributed by atoms with Crippen LogP contribution in [0.15, 0.2) is 24.3 Å². The Morgan fingerprint density at radius 1 is 1.09 bits per heavy atom. The van der Waals surface area contributed by atoms with Gasteiger partial charge in [-0.3, -0.25) is 4.79 Å². The second kappa shape index (κ2) is 5.85. The molecule has 124 valence electrons. The largest absolute Gasteiger partial charge is 0.494 e. The minimum absolute atomic E-state index is 0.0772. The van der Waals surface area contributed by atoms with Gasteiger partial charge in [-0.25, -0.2) is 0 Å². The number of hydrogen-bond acceptors (Lipinski definition) is 2. The standard InChI is InChI=1S/C20H27NO2/c1-2-7-23-18-5-3-17(4-6-18)21-19(22)20-11-14-8-15(12-20)10-16(9-14)13-20/h3-6,14-16H,2,7-13H2,1H3,(H,21,22). The maximum Gasteiger partial charge on any atom is 0.230 e. The molecule has 4 fully saturated rings. The number of amides is 1. The van der Waals surface area contributed by atoms with Gasteiger partial charge in [-0.2, -0.15) is 0 Å². The van der Waals surface area contributed by atoms with Crippen molar-refractivity contribution in [1.29, 1.82) is 0 Å². The fourth-order valence-electron chi connectivity index (χ4n) is 5.51. The van der Waals surface area contributed by atoms with Crippen LogP contribution in [-0.2, 0) is 4.79 Å². The Morgan fingerprint density at radius 2 is 1.65 bits per heavy atom. The molecule has 23 heavy (non-hydrogen) atoms. The Labute approximate surface area is 138 Å². The highest BCUT2D eigenvalue weighted by molar-refractivity contribution is 5.95. The van der Waals surface area contributed by atoms with Gasteiger partial charge in [0.2, 0.25) is 5.91 Å². The van der Waals surface area contributed by atoms with Crippen molar-refractivity contribution in [2.24, 2.45) is 23.2 Å². The Bertz CT molecular complexity index is 543. The van der Waals surface area contributed by atoms with E-state index in [9.17, 15) is 4.79 Å². The molecule has 0 saturated heterocycles. The van der Waals surface area contributed by atoms with E-state index in [1.165, 1.54) is 19.3 Å². The lowest BCUT2D eigenvalue weighted by Crippen LogP contribution is -2.51. The summed E-state index contributed by atoms with van der Waals surface area (Å²) in [5.41, 5.74) is 0.821. The van der Waals surface area contributed by atoms with Crippen molar-refractivity contribution in [1.82, 2.24) is 0 Å². The van der Waals surface area contributed by atoms with Gasteiger partial charge in [-0.15, -0.1) is 0 Å². The topological polar surface area (TPSA) is 38.3 Å². The molecule has 0 spiro atoms. The molecular formula is C20H27NO2. The fraction of sp³-hybridized carbons (Fsp3) is 0.650. The molecule has 4 saturated carbocycles. The van der Waals surface area contributed by atoms with Crippen LogP contribution < -0.4 is 10.1 Å². The number of hydrogen-bond donors (Lipinski definition) is 1. The van der Waals surface area contributed by atoms with Crippen LogP contribution in [-0.4, -0.2) is 12.5 Å². The lowest BCUT2D eigenvalue weighted by Gasteiger charge is -2.55. The predicted octanol–water partition coefficient (Wildman–Crippen LogP) is 4.63. The lowest BCUT2D eigenvalue weighted by molar-refractivity contribution is -0.140.